The summed E-state index contributed by atoms with van der Waals surface area (Å²) in [4.78, 5) is 126. The number of amides is 7. The van der Waals surface area contributed by atoms with E-state index in [1.54, 1.807) is 17.5 Å². The lowest BCUT2D eigenvalue weighted by Gasteiger charge is -2.38. The summed E-state index contributed by atoms with van der Waals surface area (Å²) in [6, 6.07) is 4.79. The molecule has 1 aromatic heterocycles. The smallest absolute Gasteiger partial charge is 0.303 e. The zero-order valence-corrected chi connectivity index (χ0v) is 50.9. The SMILES string of the molecule is CCC[C@H](Cc1ccc(CC(=O)CCOCCOCCN2C(=O)C=CC2=O)c(NC(=O)CCOCCOCCN2C(=O)C=CC2=O)c1)NC(=O)c1csc([C@@H](C[C@H](C(C)C)N(C)C(=O)[C@@H](CCC(C)(C)N(C)C)[C@@H](C)CC)OC(C)=O)n1. The average molecular weight is 1160 g/mol. The van der Waals surface area contributed by atoms with E-state index in [0.717, 1.165) is 41.0 Å². The molecule has 22 heteroatoms. The van der Waals surface area contributed by atoms with Crippen molar-refractivity contribution in [3.8, 4) is 0 Å². The molecule has 0 aliphatic carbocycles. The molecule has 0 saturated carbocycles. The fourth-order valence-electron chi connectivity index (χ4n) is 9.39. The molecule has 0 fully saturated rings. The Morgan fingerprint density at radius 1 is 0.756 bits per heavy atom. The molecule has 2 aliphatic rings. The van der Waals surface area contributed by atoms with Crippen molar-refractivity contribution < 1.29 is 66.8 Å². The molecule has 0 radical (unpaired) electrons. The number of nitrogens with one attached hydrogen (secondary N) is 2. The zero-order valence-electron chi connectivity index (χ0n) is 50.1. The summed E-state index contributed by atoms with van der Waals surface area (Å²) in [5.74, 6) is -2.93. The summed E-state index contributed by atoms with van der Waals surface area (Å²) in [7, 11) is 5.94. The third kappa shape index (κ3) is 22.3. The largest absolute Gasteiger partial charge is 0.455 e. The number of hydrogen-bond donors (Lipinski definition) is 2. The minimum Gasteiger partial charge on any atom is -0.455 e. The van der Waals surface area contributed by atoms with Crippen molar-refractivity contribution in [3.05, 3.63) is 69.7 Å². The Kier molecular flexibility index (Phi) is 28.8. The van der Waals surface area contributed by atoms with E-state index in [4.69, 9.17) is 28.7 Å². The number of rotatable bonds is 40. The predicted octanol–water partition coefficient (Wildman–Crippen LogP) is 6.29. The first kappa shape index (κ1) is 68.5. The number of imide groups is 2. The van der Waals surface area contributed by atoms with Gasteiger partial charge in [0.25, 0.3) is 29.5 Å². The molecule has 2 N–H and O–H groups in total. The molecule has 1 aromatic carbocycles. The summed E-state index contributed by atoms with van der Waals surface area (Å²) >= 11 is 1.22. The monoisotopic (exact) mass is 1160 g/mol. The molecule has 7 amide bonds. The van der Waals surface area contributed by atoms with Gasteiger partial charge in [-0.2, -0.15) is 0 Å². The molecule has 0 saturated heterocycles. The van der Waals surface area contributed by atoms with Crippen LogP contribution in [0.25, 0.3) is 0 Å². The van der Waals surface area contributed by atoms with Crippen LogP contribution in [0.4, 0.5) is 5.69 Å². The quantitative estimate of drug-likeness (QED) is 0.0423. The van der Waals surface area contributed by atoms with Gasteiger partial charge in [-0.15, -0.1) is 11.3 Å². The number of hydrogen-bond acceptors (Lipinski definition) is 17. The lowest BCUT2D eigenvalue weighted by Crippen LogP contribution is -2.46. The second-order valence-electron chi connectivity index (χ2n) is 22.1. The molecule has 0 spiro atoms. The topological polar surface area (TPSA) is 250 Å². The van der Waals surface area contributed by atoms with Gasteiger partial charge in [-0.25, -0.2) is 4.98 Å². The molecule has 82 heavy (non-hydrogen) atoms. The van der Waals surface area contributed by atoms with Crippen LogP contribution in [0.5, 0.6) is 0 Å². The van der Waals surface area contributed by atoms with Gasteiger partial charge in [0.1, 0.15) is 16.5 Å². The van der Waals surface area contributed by atoms with Crippen molar-refractivity contribution in [1.82, 2.24) is 29.9 Å². The van der Waals surface area contributed by atoms with E-state index in [-0.39, 0.29) is 174 Å². The minimum absolute atomic E-state index is 0.00513. The summed E-state index contributed by atoms with van der Waals surface area (Å²) < 4.78 is 28.1. The van der Waals surface area contributed by atoms with Crippen molar-refractivity contribution in [2.45, 2.75) is 143 Å². The fourth-order valence-corrected chi connectivity index (χ4v) is 10.2. The molecule has 4 rings (SSSR count). The van der Waals surface area contributed by atoms with Crippen LogP contribution in [0.1, 0.15) is 139 Å². The Hall–Kier alpha value is -6.04. The number of Topliss-reactive ketones (excluding diaryl/α,β-unsaturated/α-hetero) is 1. The predicted molar refractivity (Wildman–Crippen MR) is 310 cm³/mol. The van der Waals surface area contributed by atoms with E-state index >= 15 is 0 Å². The van der Waals surface area contributed by atoms with Crippen LogP contribution in [0, 0.1) is 17.8 Å². The fraction of sp³-hybridized carbons (Fsp3) is 0.633. The highest BCUT2D eigenvalue weighted by Crippen LogP contribution is 2.34. The van der Waals surface area contributed by atoms with Crippen LogP contribution < -0.4 is 10.6 Å². The molecule has 2 aromatic rings. The van der Waals surface area contributed by atoms with Gasteiger partial charge in [-0.1, -0.05) is 59.6 Å². The van der Waals surface area contributed by atoms with Crippen molar-refractivity contribution in [2.75, 3.05) is 92.4 Å². The number of aromatic nitrogens is 1. The second-order valence-corrected chi connectivity index (χ2v) is 23.0. The van der Waals surface area contributed by atoms with Gasteiger partial charge in [0.2, 0.25) is 11.8 Å². The van der Waals surface area contributed by atoms with Gasteiger partial charge in [-0.05, 0) is 82.7 Å². The minimum atomic E-state index is -0.812. The van der Waals surface area contributed by atoms with Gasteiger partial charge in [0.05, 0.1) is 72.4 Å². The molecule has 0 unspecified atom stereocenters. The highest BCUT2D eigenvalue weighted by Gasteiger charge is 2.36. The number of anilines is 1. The number of nitrogens with zero attached hydrogens (tertiary/aromatic N) is 5. The molecular weight excluding hydrogens is 1070 g/mol. The van der Waals surface area contributed by atoms with E-state index in [0.29, 0.717) is 29.1 Å². The number of ketones is 1. The van der Waals surface area contributed by atoms with Crippen molar-refractivity contribution in [1.29, 1.82) is 0 Å². The third-order valence-electron chi connectivity index (χ3n) is 15.1. The van der Waals surface area contributed by atoms with Gasteiger partial charge >= 0.3 is 5.97 Å². The highest BCUT2D eigenvalue weighted by atomic mass is 32.1. The summed E-state index contributed by atoms with van der Waals surface area (Å²) in [5, 5.41) is 8.19. The van der Waals surface area contributed by atoms with Crippen LogP contribution in [-0.2, 0) is 74.9 Å². The Bertz CT molecular complexity index is 2510. The Morgan fingerprint density at radius 3 is 1.84 bits per heavy atom. The van der Waals surface area contributed by atoms with E-state index in [1.807, 2.05) is 38.8 Å². The standard InChI is InChI=1S/C60H89N7O14S/c1-12-14-45(61-57(75)49-39-82-58(63-49)51(81-42(6)68)38-50(40(3)4)65(11)59(76)47(41(5)13-2)21-24-60(7,8)64(9)10)35-43-15-16-44(37-46(69)22-27-77-31-33-79-29-25-66-53(71)17-18-54(66)72)48(36-43)62-52(70)23-28-78-32-34-80-30-26-67-55(73)19-20-56(67)74/h15-20,36,39-41,45,47,50-51H,12-14,21-35,37-38H2,1-11H3,(H,61,75)(H,62,70)/t41-,45+,47-,50+,51+/m0/s1. The van der Waals surface area contributed by atoms with Gasteiger partial charge < -0.3 is 44.1 Å². The number of thiazole rings is 1. The average Bonchev–Trinajstić information content (AvgIpc) is 4.28. The number of esters is 1. The first-order valence-corrected chi connectivity index (χ1v) is 29.5. The summed E-state index contributed by atoms with van der Waals surface area (Å²) in [5.41, 5.74) is 1.86. The number of carbonyl (C=O) groups is 9. The van der Waals surface area contributed by atoms with E-state index in [2.05, 4.69) is 57.3 Å². The second kappa shape index (κ2) is 34.5. The first-order chi connectivity index (χ1) is 38.9. The Morgan fingerprint density at radius 2 is 1.32 bits per heavy atom. The van der Waals surface area contributed by atoms with Gasteiger partial charge in [0, 0.05) is 92.1 Å². The molecule has 2 aliphatic heterocycles. The maximum Gasteiger partial charge on any atom is 0.303 e. The Balaban J connectivity index is 1.42. The first-order valence-electron chi connectivity index (χ1n) is 28.6. The van der Waals surface area contributed by atoms with Crippen LogP contribution in [-0.4, -0.2) is 182 Å². The summed E-state index contributed by atoms with van der Waals surface area (Å²) in [6.07, 6.45) is 8.53. The van der Waals surface area contributed by atoms with E-state index in [1.165, 1.54) is 42.6 Å². The van der Waals surface area contributed by atoms with Gasteiger partial charge in [-0.3, -0.25) is 53.0 Å². The number of benzene rings is 1. The van der Waals surface area contributed by atoms with Crippen LogP contribution in [0.3, 0.4) is 0 Å². The number of carbonyl (C=O) groups excluding carboxylic acids is 9. The van der Waals surface area contributed by atoms with E-state index < -0.39 is 18.0 Å². The highest BCUT2D eigenvalue weighted by molar-refractivity contribution is 7.09. The van der Waals surface area contributed by atoms with Crippen LogP contribution >= 0.6 is 11.3 Å². The summed E-state index contributed by atoms with van der Waals surface area (Å²) in [6.45, 7) is 17.5. The molecule has 5 atom stereocenters. The van der Waals surface area contributed by atoms with Crippen molar-refractivity contribution in [3.63, 3.8) is 0 Å². The molecule has 0 bridgehead atoms. The molecule has 3 heterocycles. The maximum atomic E-state index is 14.4. The van der Waals surface area contributed by atoms with Crippen LogP contribution in [0.2, 0.25) is 0 Å². The van der Waals surface area contributed by atoms with Crippen molar-refractivity contribution in [2.24, 2.45) is 17.8 Å². The number of ether oxygens (including phenoxy) is 5. The van der Waals surface area contributed by atoms with E-state index in [9.17, 15) is 43.2 Å². The van der Waals surface area contributed by atoms with Crippen LogP contribution in [0.15, 0.2) is 47.9 Å². The Labute approximate surface area is 488 Å². The third-order valence-corrected chi connectivity index (χ3v) is 16.0. The molecule has 21 nitrogen and oxygen atoms in total. The lowest BCUT2D eigenvalue weighted by molar-refractivity contribution is -0.149. The maximum absolute atomic E-state index is 14.4. The normalized spacial score (nSPS) is 15.4. The zero-order chi connectivity index (χ0) is 60.5. The molecule has 454 valence electrons. The lowest BCUT2D eigenvalue weighted by atomic mass is 9.82. The van der Waals surface area contributed by atoms with Gasteiger partial charge in [0.15, 0.2) is 6.10 Å². The molecular formula is C60H89N7O14S. The van der Waals surface area contributed by atoms with Crippen molar-refractivity contribution >= 4 is 70.1 Å².